The lowest BCUT2D eigenvalue weighted by atomic mass is 9.87. The molecule has 1 fully saturated rings. The third-order valence-corrected chi connectivity index (χ3v) is 4.67. The van der Waals surface area contributed by atoms with Crippen LogP contribution in [-0.2, 0) is 15.1 Å². The lowest BCUT2D eigenvalue weighted by Gasteiger charge is -2.32. The van der Waals surface area contributed by atoms with Gasteiger partial charge in [-0.2, -0.15) is 0 Å². The van der Waals surface area contributed by atoms with E-state index in [1.165, 1.54) is 0 Å². The molecule has 4 amide bonds. The third-order valence-electron chi connectivity index (χ3n) is 4.67. The molecule has 0 aromatic heterocycles. The average molecular weight is 345 g/mol. The van der Waals surface area contributed by atoms with Gasteiger partial charge in [0.05, 0.1) is 0 Å². The zero-order chi connectivity index (χ0) is 18.8. The monoisotopic (exact) mass is 345 g/mol. The number of hydrogen-bond donors (Lipinski definition) is 1. The Bertz CT molecular complexity index is 649. The van der Waals surface area contributed by atoms with E-state index in [-0.39, 0.29) is 30.4 Å². The molecule has 0 radical (unpaired) electrons. The molecule has 0 aliphatic carbocycles. The molecule has 1 aliphatic heterocycles. The van der Waals surface area contributed by atoms with E-state index in [4.69, 9.17) is 0 Å². The van der Waals surface area contributed by atoms with Crippen molar-refractivity contribution in [3.8, 4) is 0 Å². The molecule has 25 heavy (non-hydrogen) atoms. The highest BCUT2D eigenvalue weighted by Crippen LogP contribution is 2.32. The zero-order valence-corrected chi connectivity index (χ0v) is 15.6. The SMILES string of the molecule is CC[C@@]1(c2ccccc2)NC(=O)N(CC(=O)N(C(C)C)C(C)C)C1=O. The highest BCUT2D eigenvalue weighted by Gasteiger charge is 2.51. The maximum atomic E-state index is 13.0. The van der Waals surface area contributed by atoms with E-state index in [0.29, 0.717) is 6.42 Å². The smallest absolute Gasteiger partial charge is 0.325 e. The topological polar surface area (TPSA) is 69.7 Å². The number of rotatable bonds is 6. The summed E-state index contributed by atoms with van der Waals surface area (Å²) in [5.74, 6) is -0.597. The van der Waals surface area contributed by atoms with Crippen LogP contribution in [0.5, 0.6) is 0 Å². The Kier molecular flexibility index (Phi) is 5.50. The predicted molar refractivity (Wildman–Crippen MR) is 95.8 cm³/mol. The minimum absolute atomic E-state index is 0.00155. The summed E-state index contributed by atoms with van der Waals surface area (Å²) < 4.78 is 0. The second kappa shape index (κ2) is 7.25. The molecule has 1 heterocycles. The summed E-state index contributed by atoms with van der Waals surface area (Å²) in [6.45, 7) is 9.29. The van der Waals surface area contributed by atoms with Crippen LogP contribution in [0.1, 0.15) is 46.6 Å². The Labute approximate surface area is 149 Å². The summed E-state index contributed by atoms with van der Waals surface area (Å²) in [6, 6.07) is 8.65. The molecule has 6 nitrogen and oxygen atoms in total. The van der Waals surface area contributed by atoms with Crippen LogP contribution in [-0.4, -0.2) is 46.3 Å². The average Bonchev–Trinajstić information content (AvgIpc) is 2.80. The van der Waals surface area contributed by atoms with Crippen molar-refractivity contribution in [3.05, 3.63) is 35.9 Å². The van der Waals surface area contributed by atoms with E-state index in [9.17, 15) is 14.4 Å². The first-order valence-corrected chi connectivity index (χ1v) is 8.75. The van der Waals surface area contributed by atoms with E-state index in [1.807, 2.05) is 65.0 Å². The van der Waals surface area contributed by atoms with Gasteiger partial charge in [0.2, 0.25) is 5.91 Å². The quantitative estimate of drug-likeness (QED) is 0.805. The zero-order valence-electron chi connectivity index (χ0n) is 15.6. The molecule has 1 N–H and O–H groups in total. The van der Waals surface area contributed by atoms with Crippen molar-refractivity contribution >= 4 is 17.8 Å². The van der Waals surface area contributed by atoms with Crippen molar-refractivity contribution in [2.75, 3.05) is 6.54 Å². The van der Waals surface area contributed by atoms with Gasteiger partial charge in [0.1, 0.15) is 12.1 Å². The maximum absolute atomic E-state index is 13.0. The molecule has 0 saturated carbocycles. The Morgan fingerprint density at radius 3 is 2.16 bits per heavy atom. The van der Waals surface area contributed by atoms with Crippen molar-refractivity contribution < 1.29 is 14.4 Å². The lowest BCUT2D eigenvalue weighted by molar-refractivity contribution is -0.141. The molecule has 6 heteroatoms. The molecule has 0 unspecified atom stereocenters. The summed E-state index contributed by atoms with van der Waals surface area (Å²) in [7, 11) is 0. The van der Waals surface area contributed by atoms with Gasteiger partial charge in [-0.05, 0) is 39.7 Å². The van der Waals surface area contributed by atoms with Crippen molar-refractivity contribution in [2.45, 2.75) is 58.7 Å². The molecule has 0 bridgehead atoms. The second-order valence-electron chi connectivity index (χ2n) is 6.93. The lowest BCUT2D eigenvalue weighted by Crippen LogP contribution is -2.49. The minimum Gasteiger partial charge on any atom is -0.336 e. The molecule has 136 valence electrons. The van der Waals surface area contributed by atoms with Gasteiger partial charge in [-0.1, -0.05) is 37.3 Å². The van der Waals surface area contributed by atoms with Crippen LogP contribution in [0.4, 0.5) is 4.79 Å². The van der Waals surface area contributed by atoms with Crippen molar-refractivity contribution in [1.82, 2.24) is 15.1 Å². The predicted octanol–water partition coefficient (Wildman–Crippen LogP) is 2.49. The van der Waals surface area contributed by atoms with Crippen LogP contribution in [0, 0.1) is 0 Å². The van der Waals surface area contributed by atoms with Crippen molar-refractivity contribution in [2.24, 2.45) is 0 Å². The standard InChI is InChI=1S/C19H27N3O3/c1-6-19(15-10-8-7-9-11-15)17(24)21(18(25)20-19)12-16(23)22(13(2)3)14(4)5/h7-11,13-14H,6,12H2,1-5H3,(H,20,25)/t19-/m0/s1. The van der Waals surface area contributed by atoms with Gasteiger partial charge in [-0.3, -0.25) is 14.5 Å². The summed E-state index contributed by atoms with van der Waals surface area (Å²) >= 11 is 0. The van der Waals surface area contributed by atoms with Gasteiger partial charge in [0.25, 0.3) is 5.91 Å². The Morgan fingerprint density at radius 2 is 1.68 bits per heavy atom. The third kappa shape index (κ3) is 3.38. The van der Waals surface area contributed by atoms with Gasteiger partial charge >= 0.3 is 6.03 Å². The van der Waals surface area contributed by atoms with Gasteiger partial charge in [0.15, 0.2) is 0 Å². The highest BCUT2D eigenvalue weighted by atomic mass is 16.2. The number of carbonyl (C=O) groups is 3. The van der Waals surface area contributed by atoms with E-state index in [0.717, 1.165) is 10.5 Å². The molecule has 1 aromatic rings. The first-order chi connectivity index (χ1) is 11.7. The largest absolute Gasteiger partial charge is 0.336 e. The van der Waals surface area contributed by atoms with E-state index in [1.54, 1.807) is 4.90 Å². The summed E-state index contributed by atoms with van der Waals surface area (Å²) in [5.41, 5.74) is -0.366. The molecular weight excluding hydrogens is 318 g/mol. The van der Waals surface area contributed by atoms with Crippen LogP contribution in [0.2, 0.25) is 0 Å². The fourth-order valence-corrected chi connectivity index (χ4v) is 3.52. The van der Waals surface area contributed by atoms with Gasteiger partial charge in [0, 0.05) is 12.1 Å². The normalized spacial score (nSPS) is 20.4. The second-order valence-corrected chi connectivity index (χ2v) is 6.93. The molecule has 1 atom stereocenters. The summed E-state index contributed by atoms with van der Waals surface area (Å²) in [4.78, 5) is 40.9. The molecule has 1 saturated heterocycles. The number of benzene rings is 1. The number of imide groups is 1. The maximum Gasteiger partial charge on any atom is 0.325 e. The molecule has 2 rings (SSSR count). The van der Waals surface area contributed by atoms with E-state index < -0.39 is 11.6 Å². The van der Waals surface area contributed by atoms with Gasteiger partial charge in [-0.25, -0.2) is 4.79 Å². The van der Waals surface area contributed by atoms with Crippen LogP contribution >= 0.6 is 0 Å². The van der Waals surface area contributed by atoms with Gasteiger partial charge < -0.3 is 10.2 Å². The molecular formula is C19H27N3O3. The molecule has 1 aromatic carbocycles. The van der Waals surface area contributed by atoms with E-state index >= 15 is 0 Å². The van der Waals surface area contributed by atoms with Crippen molar-refractivity contribution in [3.63, 3.8) is 0 Å². The van der Waals surface area contributed by atoms with Crippen LogP contribution in [0.3, 0.4) is 0 Å². The minimum atomic E-state index is -1.10. The van der Waals surface area contributed by atoms with Gasteiger partial charge in [-0.15, -0.1) is 0 Å². The molecule has 0 spiro atoms. The number of urea groups is 1. The highest BCUT2D eigenvalue weighted by molar-refractivity contribution is 6.09. The fraction of sp³-hybridized carbons (Fsp3) is 0.526. The number of nitrogens with zero attached hydrogens (tertiary/aromatic N) is 2. The molecule has 1 aliphatic rings. The number of hydrogen-bond acceptors (Lipinski definition) is 3. The van der Waals surface area contributed by atoms with Crippen LogP contribution in [0.25, 0.3) is 0 Å². The van der Waals surface area contributed by atoms with Crippen molar-refractivity contribution in [1.29, 1.82) is 0 Å². The van der Waals surface area contributed by atoms with Crippen LogP contribution < -0.4 is 5.32 Å². The van der Waals surface area contributed by atoms with E-state index in [2.05, 4.69) is 5.32 Å². The number of amides is 4. The summed E-state index contributed by atoms with van der Waals surface area (Å²) in [5, 5.41) is 2.80. The summed E-state index contributed by atoms with van der Waals surface area (Å²) in [6.07, 6.45) is 0.421. The number of nitrogens with one attached hydrogen (secondary N) is 1. The first kappa shape index (κ1) is 19.0. The van der Waals surface area contributed by atoms with Crippen LogP contribution in [0.15, 0.2) is 30.3 Å². The Balaban J connectivity index is 2.28. The first-order valence-electron chi connectivity index (χ1n) is 8.75. The fourth-order valence-electron chi connectivity index (χ4n) is 3.52. The Morgan fingerprint density at radius 1 is 1.12 bits per heavy atom. The number of carbonyl (C=O) groups excluding carboxylic acids is 3. The Hall–Kier alpha value is -2.37.